The van der Waals surface area contributed by atoms with Crippen molar-refractivity contribution in [2.75, 3.05) is 20.3 Å². The van der Waals surface area contributed by atoms with Gasteiger partial charge in [0.05, 0.1) is 26.0 Å². The minimum absolute atomic E-state index is 0.172. The average molecular weight is 286 g/mol. The average Bonchev–Trinajstić information content (AvgIpc) is 2.94. The topological polar surface area (TPSA) is 64.4 Å². The van der Waals surface area contributed by atoms with Gasteiger partial charge in [0.25, 0.3) is 0 Å². The Kier molecular flexibility index (Phi) is 3.66. The molecule has 1 fully saturated rings. The van der Waals surface area contributed by atoms with Crippen molar-refractivity contribution in [3.63, 3.8) is 0 Å². The molecule has 0 radical (unpaired) electrons. The van der Waals surface area contributed by atoms with Gasteiger partial charge in [0.15, 0.2) is 5.79 Å². The zero-order valence-corrected chi connectivity index (χ0v) is 12.1. The van der Waals surface area contributed by atoms with Crippen molar-refractivity contribution < 1.29 is 14.2 Å². The predicted octanol–water partition coefficient (Wildman–Crippen LogP) is 2.31. The number of rotatable bonds is 3. The van der Waals surface area contributed by atoms with E-state index in [0.29, 0.717) is 31.1 Å². The minimum atomic E-state index is -0.566. The van der Waals surface area contributed by atoms with Crippen molar-refractivity contribution in [3.8, 4) is 11.9 Å². The summed E-state index contributed by atoms with van der Waals surface area (Å²) in [6.07, 6.45) is 4.06. The van der Waals surface area contributed by atoms with E-state index in [4.69, 9.17) is 14.2 Å². The number of hydrogen-bond acceptors (Lipinski definition) is 5. The first-order valence-corrected chi connectivity index (χ1v) is 7.08. The van der Waals surface area contributed by atoms with E-state index in [2.05, 4.69) is 17.6 Å². The van der Waals surface area contributed by atoms with Crippen LogP contribution >= 0.6 is 0 Å². The summed E-state index contributed by atoms with van der Waals surface area (Å²) < 4.78 is 16.9. The van der Waals surface area contributed by atoms with Gasteiger partial charge in [-0.3, -0.25) is 0 Å². The summed E-state index contributed by atoms with van der Waals surface area (Å²) in [6, 6.07) is 3.98. The molecule has 0 saturated carbocycles. The molecule has 1 aliphatic heterocycles. The Bertz CT molecular complexity index is 600. The Labute approximate surface area is 124 Å². The normalized spacial score (nSPS) is 22.6. The molecule has 0 N–H and O–H groups in total. The number of nitrogens with zero attached hydrogens (tertiary/aromatic N) is 2. The van der Waals surface area contributed by atoms with Crippen molar-refractivity contribution >= 4 is 0 Å². The van der Waals surface area contributed by atoms with Crippen LogP contribution in [0.15, 0.2) is 18.7 Å². The largest absolute Gasteiger partial charge is 0.480 e. The summed E-state index contributed by atoms with van der Waals surface area (Å²) in [7, 11) is 1.53. The van der Waals surface area contributed by atoms with E-state index >= 15 is 0 Å². The summed E-state index contributed by atoms with van der Waals surface area (Å²) in [5.41, 5.74) is 2.42. The Morgan fingerprint density at radius 1 is 1.57 bits per heavy atom. The number of pyridine rings is 1. The van der Waals surface area contributed by atoms with Crippen LogP contribution in [0.3, 0.4) is 0 Å². The molecule has 21 heavy (non-hydrogen) atoms. The summed E-state index contributed by atoms with van der Waals surface area (Å²) in [5, 5.41) is 9.23. The molecule has 1 unspecified atom stereocenters. The number of aromatic nitrogens is 1. The van der Waals surface area contributed by atoms with E-state index < -0.39 is 5.79 Å². The zero-order chi connectivity index (χ0) is 14.9. The molecule has 0 aromatic carbocycles. The monoisotopic (exact) mass is 286 g/mol. The first-order valence-electron chi connectivity index (χ1n) is 7.08. The lowest BCUT2D eigenvalue weighted by Gasteiger charge is -2.37. The molecule has 0 amide bonds. The van der Waals surface area contributed by atoms with Gasteiger partial charge in [0.1, 0.15) is 11.6 Å². The van der Waals surface area contributed by atoms with Crippen LogP contribution in [0.1, 0.15) is 35.6 Å². The van der Waals surface area contributed by atoms with E-state index in [0.717, 1.165) is 24.1 Å². The van der Waals surface area contributed by atoms with Gasteiger partial charge in [0.2, 0.25) is 5.88 Å². The van der Waals surface area contributed by atoms with Gasteiger partial charge in [-0.2, -0.15) is 5.26 Å². The SMILES string of the molecule is C=CCC1CC2(Cc3cc(C#N)c(OC)nc31)OCCO2. The van der Waals surface area contributed by atoms with Crippen molar-refractivity contribution in [2.24, 2.45) is 0 Å². The lowest BCUT2D eigenvalue weighted by molar-refractivity contribution is -0.168. The quantitative estimate of drug-likeness (QED) is 0.798. The van der Waals surface area contributed by atoms with Gasteiger partial charge in [-0.1, -0.05) is 6.08 Å². The lowest BCUT2D eigenvalue weighted by Crippen LogP contribution is -2.39. The summed E-state index contributed by atoms with van der Waals surface area (Å²) in [4.78, 5) is 4.55. The highest BCUT2D eigenvalue weighted by Gasteiger charge is 2.44. The van der Waals surface area contributed by atoms with Gasteiger partial charge in [-0.05, 0) is 18.1 Å². The van der Waals surface area contributed by atoms with Crippen LogP contribution in [0.2, 0.25) is 0 Å². The van der Waals surface area contributed by atoms with Gasteiger partial charge >= 0.3 is 0 Å². The van der Waals surface area contributed by atoms with Crippen molar-refractivity contribution in [2.45, 2.75) is 31.0 Å². The van der Waals surface area contributed by atoms with E-state index in [-0.39, 0.29) is 5.92 Å². The molecule has 2 aliphatic rings. The van der Waals surface area contributed by atoms with Crippen LogP contribution in [0.5, 0.6) is 5.88 Å². The zero-order valence-electron chi connectivity index (χ0n) is 12.1. The Morgan fingerprint density at radius 2 is 2.33 bits per heavy atom. The van der Waals surface area contributed by atoms with Crippen LogP contribution in [-0.2, 0) is 15.9 Å². The highest BCUT2D eigenvalue weighted by molar-refractivity contribution is 5.45. The number of ether oxygens (including phenoxy) is 3. The second kappa shape index (κ2) is 5.47. The molecule has 5 heteroatoms. The molecule has 5 nitrogen and oxygen atoms in total. The van der Waals surface area contributed by atoms with Crippen LogP contribution in [0, 0.1) is 11.3 Å². The maximum absolute atomic E-state index is 9.23. The second-order valence-corrected chi connectivity index (χ2v) is 5.41. The van der Waals surface area contributed by atoms with Crippen molar-refractivity contribution in [1.82, 2.24) is 4.98 Å². The van der Waals surface area contributed by atoms with Gasteiger partial charge in [-0.25, -0.2) is 4.98 Å². The molecule has 1 atom stereocenters. The van der Waals surface area contributed by atoms with Crippen LogP contribution in [0.4, 0.5) is 0 Å². The fourth-order valence-electron chi connectivity index (χ4n) is 3.23. The van der Waals surface area contributed by atoms with E-state index in [1.165, 1.54) is 7.11 Å². The third-order valence-corrected chi connectivity index (χ3v) is 4.08. The van der Waals surface area contributed by atoms with Gasteiger partial charge in [0, 0.05) is 18.8 Å². The fraction of sp³-hybridized carbons (Fsp3) is 0.500. The molecule has 2 heterocycles. The Hall–Kier alpha value is -1.90. The molecule has 1 saturated heterocycles. The number of methoxy groups -OCH3 is 1. The van der Waals surface area contributed by atoms with E-state index in [9.17, 15) is 5.26 Å². The molecule has 1 aromatic heterocycles. The van der Waals surface area contributed by atoms with Crippen LogP contribution in [-0.4, -0.2) is 31.1 Å². The highest BCUT2D eigenvalue weighted by Crippen LogP contribution is 2.43. The molecule has 0 bridgehead atoms. The molecular weight excluding hydrogens is 268 g/mol. The van der Waals surface area contributed by atoms with Crippen LogP contribution in [0.25, 0.3) is 0 Å². The van der Waals surface area contributed by atoms with E-state index in [1.54, 1.807) is 0 Å². The van der Waals surface area contributed by atoms with Crippen LogP contribution < -0.4 is 4.74 Å². The van der Waals surface area contributed by atoms with Gasteiger partial charge < -0.3 is 14.2 Å². The maximum Gasteiger partial charge on any atom is 0.231 e. The van der Waals surface area contributed by atoms with Crippen molar-refractivity contribution in [1.29, 1.82) is 5.26 Å². The van der Waals surface area contributed by atoms with Gasteiger partial charge in [-0.15, -0.1) is 6.58 Å². The lowest BCUT2D eigenvalue weighted by atomic mass is 9.80. The number of hydrogen-bond donors (Lipinski definition) is 0. The number of allylic oxidation sites excluding steroid dienone is 1. The number of nitriles is 1. The third-order valence-electron chi connectivity index (χ3n) is 4.08. The predicted molar refractivity (Wildman–Crippen MR) is 76.0 cm³/mol. The summed E-state index contributed by atoms with van der Waals surface area (Å²) in [5.74, 6) is -0.00977. The summed E-state index contributed by atoms with van der Waals surface area (Å²) >= 11 is 0. The van der Waals surface area contributed by atoms with Crippen molar-refractivity contribution in [3.05, 3.63) is 35.5 Å². The Morgan fingerprint density at radius 3 is 2.95 bits per heavy atom. The molecule has 1 aliphatic carbocycles. The molecule has 1 spiro atoms. The highest BCUT2D eigenvalue weighted by atomic mass is 16.7. The minimum Gasteiger partial charge on any atom is -0.480 e. The molecular formula is C16H18N2O3. The second-order valence-electron chi connectivity index (χ2n) is 5.41. The fourth-order valence-corrected chi connectivity index (χ4v) is 3.23. The molecule has 3 rings (SSSR count). The smallest absolute Gasteiger partial charge is 0.231 e. The molecule has 110 valence electrons. The Balaban J connectivity index is 2.06. The first kappa shape index (κ1) is 14.1. The first-order chi connectivity index (χ1) is 10.2. The third kappa shape index (κ3) is 2.41. The molecule has 1 aromatic rings. The standard InChI is InChI=1S/C16H18N2O3/c1-3-4-11-8-16(20-5-6-21-16)9-12-7-13(10-17)15(19-2)18-14(11)12/h3,7,11H,1,4-6,8-9H2,2H3. The summed E-state index contributed by atoms with van der Waals surface area (Å²) in [6.45, 7) is 5.06. The van der Waals surface area contributed by atoms with E-state index in [1.807, 2.05) is 12.1 Å². The maximum atomic E-state index is 9.23. The number of fused-ring (bicyclic) bond motifs is 1.